The van der Waals surface area contributed by atoms with Gasteiger partial charge in [0.25, 0.3) is 0 Å². The van der Waals surface area contributed by atoms with Crippen molar-refractivity contribution in [2.24, 2.45) is 10.8 Å². The van der Waals surface area contributed by atoms with Crippen LogP contribution in [0.1, 0.15) is 34.6 Å². The Hall–Kier alpha value is -1.25. The predicted octanol–water partition coefficient (Wildman–Crippen LogP) is 3.36. The van der Waals surface area contributed by atoms with Crippen molar-refractivity contribution in [1.82, 2.24) is 4.98 Å². The van der Waals surface area contributed by atoms with Crippen LogP contribution in [0, 0.1) is 10.8 Å². The molecular weight excluding hydrogens is 210 g/mol. The number of pyridine rings is 1. The minimum absolute atomic E-state index is 0.348. The van der Waals surface area contributed by atoms with Crippen LogP contribution in [0.4, 0.5) is 11.4 Å². The first-order valence-electron chi connectivity index (χ1n) is 6.35. The van der Waals surface area contributed by atoms with Gasteiger partial charge in [0.15, 0.2) is 0 Å². The molecule has 1 aliphatic rings. The maximum atomic E-state index is 4.25. The van der Waals surface area contributed by atoms with Crippen LogP contribution in [-0.4, -0.2) is 17.6 Å². The molecule has 2 N–H and O–H groups in total. The summed E-state index contributed by atoms with van der Waals surface area (Å²) in [5.41, 5.74) is 2.88. The monoisotopic (exact) mass is 233 g/mol. The molecular formula is C14H23N3. The highest BCUT2D eigenvalue weighted by Crippen LogP contribution is 2.63. The highest BCUT2D eigenvalue weighted by atomic mass is 15.1. The lowest BCUT2D eigenvalue weighted by molar-refractivity contribution is 0.457. The van der Waals surface area contributed by atoms with E-state index in [2.05, 4.69) is 56.3 Å². The number of nitrogens with one attached hydrogen (secondary N) is 2. The van der Waals surface area contributed by atoms with E-state index in [1.807, 2.05) is 12.4 Å². The number of aromatic nitrogens is 1. The Labute approximate surface area is 104 Å². The normalized spacial score (nSPS) is 21.0. The number of hydrogen-bond donors (Lipinski definition) is 2. The van der Waals surface area contributed by atoms with Crippen molar-refractivity contribution in [3.8, 4) is 0 Å². The quantitative estimate of drug-likeness (QED) is 0.837. The van der Waals surface area contributed by atoms with Gasteiger partial charge in [-0.2, -0.15) is 0 Å². The van der Waals surface area contributed by atoms with Gasteiger partial charge in [0.05, 0.1) is 23.8 Å². The van der Waals surface area contributed by atoms with Crippen molar-refractivity contribution in [2.45, 2.75) is 40.7 Å². The topological polar surface area (TPSA) is 37.0 Å². The SMILES string of the molecule is CCNc1cncc(NC2C(C)(C)C2(C)C)c1. The first kappa shape index (κ1) is 12.2. The summed E-state index contributed by atoms with van der Waals surface area (Å²) < 4.78 is 0. The number of rotatable bonds is 4. The second kappa shape index (κ2) is 3.90. The Morgan fingerprint density at radius 2 is 1.71 bits per heavy atom. The zero-order valence-electron chi connectivity index (χ0n) is 11.5. The first-order chi connectivity index (χ1) is 7.89. The molecule has 1 aliphatic carbocycles. The van der Waals surface area contributed by atoms with Crippen LogP contribution in [0.15, 0.2) is 18.5 Å². The first-order valence-corrected chi connectivity index (χ1v) is 6.35. The van der Waals surface area contributed by atoms with Crippen LogP contribution >= 0.6 is 0 Å². The van der Waals surface area contributed by atoms with Crippen molar-refractivity contribution in [1.29, 1.82) is 0 Å². The van der Waals surface area contributed by atoms with Crippen molar-refractivity contribution < 1.29 is 0 Å². The van der Waals surface area contributed by atoms with E-state index in [9.17, 15) is 0 Å². The van der Waals surface area contributed by atoms with Gasteiger partial charge in [-0.05, 0) is 23.8 Å². The second-order valence-corrected chi connectivity index (χ2v) is 6.01. The van der Waals surface area contributed by atoms with Crippen LogP contribution < -0.4 is 10.6 Å². The van der Waals surface area contributed by atoms with Crippen molar-refractivity contribution >= 4 is 11.4 Å². The van der Waals surface area contributed by atoms with Gasteiger partial charge in [-0.3, -0.25) is 4.98 Å². The largest absolute Gasteiger partial charge is 0.384 e. The molecule has 17 heavy (non-hydrogen) atoms. The Balaban J connectivity index is 2.08. The molecule has 94 valence electrons. The molecule has 0 aromatic carbocycles. The van der Waals surface area contributed by atoms with E-state index >= 15 is 0 Å². The maximum Gasteiger partial charge on any atom is 0.0550 e. The summed E-state index contributed by atoms with van der Waals surface area (Å²) in [7, 11) is 0. The van der Waals surface area contributed by atoms with Gasteiger partial charge in [0, 0.05) is 12.6 Å². The van der Waals surface area contributed by atoms with E-state index in [0.29, 0.717) is 16.9 Å². The summed E-state index contributed by atoms with van der Waals surface area (Å²) >= 11 is 0. The molecule has 0 unspecified atom stereocenters. The Morgan fingerprint density at radius 3 is 2.24 bits per heavy atom. The Bertz CT molecular complexity index is 396. The van der Waals surface area contributed by atoms with Crippen molar-refractivity contribution in [3.63, 3.8) is 0 Å². The van der Waals surface area contributed by atoms with Crippen LogP contribution in [-0.2, 0) is 0 Å². The predicted molar refractivity (Wildman–Crippen MR) is 73.4 cm³/mol. The van der Waals surface area contributed by atoms with Gasteiger partial charge in [-0.25, -0.2) is 0 Å². The van der Waals surface area contributed by atoms with E-state index in [4.69, 9.17) is 0 Å². The van der Waals surface area contributed by atoms with Gasteiger partial charge < -0.3 is 10.6 Å². The maximum absolute atomic E-state index is 4.25. The highest BCUT2D eigenvalue weighted by Gasteiger charge is 2.64. The van der Waals surface area contributed by atoms with Gasteiger partial charge in [0.2, 0.25) is 0 Å². The molecule has 3 nitrogen and oxygen atoms in total. The fourth-order valence-electron chi connectivity index (χ4n) is 2.54. The van der Waals surface area contributed by atoms with Crippen LogP contribution in [0.5, 0.6) is 0 Å². The van der Waals surface area contributed by atoms with Gasteiger partial charge >= 0.3 is 0 Å². The average molecular weight is 233 g/mol. The zero-order chi connectivity index (χ0) is 12.7. The van der Waals surface area contributed by atoms with E-state index in [0.717, 1.165) is 17.9 Å². The van der Waals surface area contributed by atoms with Crippen molar-refractivity contribution in [2.75, 3.05) is 17.2 Å². The minimum Gasteiger partial charge on any atom is -0.384 e. The van der Waals surface area contributed by atoms with E-state index < -0.39 is 0 Å². The molecule has 0 saturated heterocycles. The summed E-state index contributed by atoms with van der Waals surface area (Å²) in [6.07, 6.45) is 3.75. The molecule has 1 aromatic heterocycles. The molecule has 0 amide bonds. The summed E-state index contributed by atoms with van der Waals surface area (Å²) in [5, 5.41) is 6.87. The van der Waals surface area contributed by atoms with Crippen LogP contribution in [0.3, 0.4) is 0 Å². The molecule has 1 aromatic rings. The summed E-state index contributed by atoms with van der Waals surface area (Å²) in [6.45, 7) is 12.3. The third kappa shape index (κ3) is 1.99. The minimum atomic E-state index is 0.348. The van der Waals surface area contributed by atoms with E-state index in [-0.39, 0.29) is 0 Å². The number of nitrogens with zero attached hydrogens (tertiary/aromatic N) is 1. The average Bonchev–Trinajstić information content (AvgIpc) is 2.62. The molecule has 1 saturated carbocycles. The summed E-state index contributed by atoms with van der Waals surface area (Å²) in [4.78, 5) is 4.25. The third-order valence-corrected chi connectivity index (χ3v) is 4.45. The van der Waals surface area contributed by atoms with Crippen LogP contribution in [0.2, 0.25) is 0 Å². The van der Waals surface area contributed by atoms with E-state index in [1.54, 1.807) is 0 Å². The number of hydrogen-bond acceptors (Lipinski definition) is 3. The van der Waals surface area contributed by atoms with Crippen molar-refractivity contribution in [3.05, 3.63) is 18.5 Å². The van der Waals surface area contributed by atoms with Gasteiger partial charge in [0.1, 0.15) is 0 Å². The second-order valence-electron chi connectivity index (χ2n) is 6.01. The molecule has 1 fully saturated rings. The van der Waals surface area contributed by atoms with E-state index in [1.165, 1.54) is 0 Å². The lowest BCUT2D eigenvalue weighted by atomic mass is 10.0. The standard InChI is InChI=1S/C14H23N3/c1-6-16-10-7-11(9-15-8-10)17-12-13(2,3)14(12,4)5/h7-9,12,16-17H,6H2,1-5H3. The molecule has 1 heterocycles. The van der Waals surface area contributed by atoms with Gasteiger partial charge in [-0.15, -0.1) is 0 Å². The Morgan fingerprint density at radius 1 is 1.12 bits per heavy atom. The fourth-order valence-corrected chi connectivity index (χ4v) is 2.54. The third-order valence-electron chi connectivity index (χ3n) is 4.45. The lowest BCUT2D eigenvalue weighted by Gasteiger charge is -2.10. The van der Waals surface area contributed by atoms with Crippen LogP contribution in [0.25, 0.3) is 0 Å². The molecule has 0 radical (unpaired) electrons. The molecule has 0 spiro atoms. The van der Waals surface area contributed by atoms with Gasteiger partial charge in [-0.1, -0.05) is 27.7 Å². The zero-order valence-corrected chi connectivity index (χ0v) is 11.5. The smallest absolute Gasteiger partial charge is 0.0550 e. The summed E-state index contributed by atoms with van der Waals surface area (Å²) in [6, 6.07) is 2.65. The number of anilines is 2. The lowest BCUT2D eigenvalue weighted by Crippen LogP contribution is -2.10. The molecule has 2 rings (SSSR count). The molecule has 0 atom stereocenters. The highest BCUT2D eigenvalue weighted by molar-refractivity contribution is 5.56. The molecule has 0 aliphatic heterocycles. The summed E-state index contributed by atoms with van der Waals surface area (Å²) in [5.74, 6) is 0. The Kier molecular flexibility index (Phi) is 2.80. The molecule has 0 bridgehead atoms. The molecule has 3 heteroatoms. The fraction of sp³-hybridized carbons (Fsp3) is 0.643.